The predicted molar refractivity (Wildman–Crippen MR) is 32.5 cm³/mol. The van der Waals surface area contributed by atoms with E-state index in [4.69, 9.17) is 5.11 Å². The fourth-order valence-corrected chi connectivity index (χ4v) is 1.15. The molecule has 0 aromatic carbocycles. The first kappa shape index (κ1) is 6.15. The van der Waals surface area contributed by atoms with Crippen molar-refractivity contribution in [3.8, 4) is 0 Å². The van der Waals surface area contributed by atoms with Gasteiger partial charge < -0.3 is 5.11 Å². The highest BCUT2D eigenvalue weighted by molar-refractivity contribution is 7.22. The van der Waals surface area contributed by atoms with Crippen LogP contribution in [-0.2, 0) is 6.26 Å². The largest absolute Gasteiger partial charge is 0.476 e. The molecule has 0 saturated heterocycles. The van der Waals surface area contributed by atoms with E-state index in [0.29, 0.717) is 0 Å². The van der Waals surface area contributed by atoms with E-state index in [2.05, 4.69) is 9.59 Å². The lowest BCUT2D eigenvalue weighted by Gasteiger charge is -1.72. The van der Waals surface area contributed by atoms with Gasteiger partial charge in [-0.2, -0.15) is 0 Å². The van der Waals surface area contributed by atoms with Crippen LogP contribution in [0, 0.1) is 0 Å². The van der Waals surface area contributed by atoms with Crippen LogP contribution >= 0.6 is 10.7 Å². The summed E-state index contributed by atoms with van der Waals surface area (Å²) in [6.45, 7) is 0. The summed E-state index contributed by atoms with van der Waals surface area (Å²) in [7, 11) is -0.308. The van der Waals surface area contributed by atoms with Crippen LogP contribution in [0.2, 0.25) is 0 Å². The fraction of sp³-hybridized carbons (Fsp3) is 0.250. The number of carboxylic acids is 1. The average Bonchev–Trinajstić information content (AvgIpc) is 2.14. The number of hydrogen-bond acceptors (Lipinski definition) is 3. The first-order valence-corrected chi connectivity index (χ1v) is 3.87. The van der Waals surface area contributed by atoms with Crippen LogP contribution in [0.25, 0.3) is 0 Å². The summed E-state index contributed by atoms with van der Waals surface area (Å²) in [4.78, 5) is 10.1. The number of rotatable bonds is 1. The predicted octanol–water partition coefficient (Wildman–Crippen LogP) is 0.461. The number of nitrogens with zero attached hydrogens (tertiary/aromatic N) is 2. The normalized spacial score (nSPS) is 11.4. The van der Waals surface area contributed by atoms with Crippen molar-refractivity contribution in [1.29, 1.82) is 0 Å². The van der Waals surface area contributed by atoms with Gasteiger partial charge in [-0.3, -0.25) is 0 Å². The third-order valence-electron chi connectivity index (χ3n) is 0.779. The highest BCUT2D eigenvalue weighted by atomic mass is 32.2. The zero-order valence-electron chi connectivity index (χ0n) is 4.74. The number of hydrogen-bond donors (Lipinski definition) is 1. The van der Waals surface area contributed by atoms with Gasteiger partial charge in [0.05, 0.1) is 4.49 Å². The van der Waals surface area contributed by atoms with Gasteiger partial charge in [-0.1, -0.05) is 5.10 Å². The Balaban J connectivity index is 2.98. The molecule has 0 aliphatic rings. The molecule has 5 heteroatoms. The minimum atomic E-state index is -1.00. The van der Waals surface area contributed by atoms with Gasteiger partial charge in [-0.05, 0) is 0 Å². The highest BCUT2D eigenvalue weighted by Gasteiger charge is 2.12. The Morgan fingerprint density at radius 1 is 1.89 bits per heavy atom. The lowest BCUT2D eigenvalue weighted by molar-refractivity contribution is 0.0690. The Bertz CT molecular complexity index is 232. The maximum atomic E-state index is 10.1. The fourth-order valence-electron chi connectivity index (χ4n) is 0.410. The smallest absolute Gasteiger partial charge is 0.361 e. The van der Waals surface area contributed by atoms with E-state index in [1.807, 2.05) is 0 Å². The van der Waals surface area contributed by atoms with Crippen LogP contribution in [0.1, 0.15) is 10.5 Å². The molecule has 1 heterocycles. The number of aryl methyl sites for hydroxylation is 1. The molecule has 0 amide bonds. The lowest BCUT2D eigenvalue weighted by Crippen LogP contribution is -1.95. The molecule has 1 aromatic heterocycles. The van der Waals surface area contributed by atoms with Crippen LogP contribution in [-0.4, -0.2) is 20.7 Å². The van der Waals surface area contributed by atoms with Crippen LogP contribution in [0.4, 0.5) is 0 Å². The van der Waals surface area contributed by atoms with Gasteiger partial charge in [0.2, 0.25) is 5.69 Å². The molecule has 0 aliphatic carbocycles. The third-order valence-corrected chi connectivity index (χ3v) is 1.68. The van der Waals surface area contributed by atoms with Gasteiger partial charge in [0.25, 0.3) is 0 Å². The Hall–Kier alpha value is -0.970. The Morgan fingerprint density at radius 2 is 2.56 bits per heavy atom. The van der Waals surface area contributed by atoms with Gasteiger partial charge in [-0.25, -0.2) is 4.79 Å². The van der Waals surface area contributed by atoms with Crippen molar-refractivity contribution in [2.24, 2.45) is 6.26 Å². The molecule has 0 saturated carbocycles. The zero-order chi connectivity index (χ0) is 6.85. The van der Waals surface area contributed by atoms with E-state index < -0.39 is 5.97 Å². The molecular weight excluding hydrogens is 140 g/mol. The first-order chi connectivity index (χ1) is 4.20. The second-order valence-corrected chi connectivity index (χ2v) is 2.96. The summed E-state index contributed by atoms with van der Waals surface area (Å²) in [5.74, 6) is -1.00. The van der Waals surface area contributed by atoms with Crippen molar-refractivity contribution in [1.82, 2.24) is 9.59 Å². The van der Waals surface area contributed by atoms with Crippen molar-refractivity contribution < 1.29 is 9.90 Å². The SMILES string of the molecule is C[s+]1cc(C(=O)O)nn1. The number of carboxylic acid groups (broad SMARTS) is 1. The van der Waals surface area contributed by atoms with Gasteiger partial charge in [0.15, 0.2) is 5.38 Å². The molecule has 9 heavy (non-hydrogen) atoms. The Kier molecular flexibility index (Phi) is 1.44. The van der Waals surface area contributed by atoms with Gasteiger partial charge in [0.1, 0.15) is 16.9 Å². The quantitative estimate of drug-likeness (QED) is 0.583. The van der Waals surface area contributed by atoms with Crippen molar-refractivity contribution >= 4 is 16.6 Å². The highest BCUT2D eigenvalue weighted by Crippen LogP contribution is 2.07. The van der Waals surface area contributed by atoms with E-state index in [0.717, 1.165) is 0 Å². The summed E-state index contributed by atoms with van der Waals surface area (Å²) in [5.41, 5.74) is 0.0563. The zero-order valence-corrected chi connectivity index (χ0v) is 5.55. The molecule has 4 nitrogen and oxygen atoms in total. The number of aromatic carboxylic acids is 1. The topological polar surface area (TPSA) is 63.1 Å². The summed E-state index contributed by atoms with van der Waals surface area (Å²) in [6.07, 6.45) is 1.80. The Labute approximate surface area is 54.3 Å². The third kappa shape index (κ3) is 1.23. The summed E-state index contributed by atoms with van der Waals surface area (Å²) in [5, 5.41) is 13.3. The van der Waals surface area contributed by atoms with Gasteiger partial charge in [0, 0.05) is 0 Å². The van der Waals surface area contributed by atoms with E-state index in [1.165, 1.54) is 5.38 Å². The van der Waals surface area contributed by atoms with Crippen molar-refractivity contribution in [2.45, 2.75) is 0 Å². The van der Waals surface area contributed by atoms with Crippen LogP contribution in [0.15, 0.2) is 5.38 Å². The molecule has 0 bridgehead atoms. The molecule has 1 unspecified atom stereocenters. The van der Waals surface area contributed by atoms with E-state index in [-0.39, 0.29) is 16.4 Å². The standard InChI is InChI=1S/C4H4N2O2S/c1-9-2-3(4(7)8)5-6-9/h2H,1H3/p+1. The molecule has 0 fully saturated rings. The summed E-state index contributed by atoms with van der Waals surface area (Å²) >= 11 is 0. The maximum Gasteiger partial charge on any atom is 0.361 e. The average molecular weight is 145 g/mol. The number of aromatic nitrogens is 2. The molecule has 1 aromatic rings. The molecule has 48 valence electrons. The first-order valence-electron chi connectivity index (χ1n) is 2.22. The van der Waals surface area contributed by atoms with E-state index >= 15 is 0 Å². The molecule has 1 atom stereocenters. The summed E-state index contributed by atoms with van der Waals surface area (Å²) in [6, 6.07) is 0. The molecule has 0 spiro atoms. The molecule has 0 radical (unpaired) electrons. The van der Waals surface area contributed by atoms with Gasteiger partial charge >= 0.3 is 5.97 Å². The van der Waals surface area contributed by atoms with Crippen LogP contribution < -0.4 is 0 Å². The molecule has 1 rings (SSSR count). The second-order valence-electron chi connectivity index (χ2n) is 1.51. The lowest BCUT2D eigenvalue weighted by atomic mass is 10.5. The van der Waals surface area contributed by atoms with Crippen molar-refractivity contribution in [3.05, 3.63) is 11.1 Å². The minimum Gasteiger partial charge on any atom is -0.476 e. The molecule has 0 aliphatic heterocycles. The van der Waals surface area contributed by atoms with Crippen LogP contribution in [0.5, 0.6) is 0 Å². The van der Waals surface area contributed by atoms with Crippen molar-refractivity contribution in [3.63, 3.8) is 0 Å². The molecular formula is C4H5N2O2S+. The number of carbonyl (C=O) groups is 1. The Morgan fingerprint density at radius 3 is 2.78 bits per heavy atom. The minimum absolute atomic E-state index is 0.0563. The monoisotopic (exact) mass is 145 g/mol. The van der Waals surface area contributed by atoms with Crippen LogP contribution in [0.3, 0.4) is 0 Å². The molecule has 1 N–H and O–H groups in total. The van der Waals surface area contributed by atoms with Crippen molar-refractivity contribution in [2.75, 3.05) is 0 Å². The van der Waals surface area contributed by atoms with E-state index in [9.17, 15) is 4.79 Å². The van der Waals surface area contributed by atoms with Gasteiger partial charge in [-0.15, -0.1) is 0 Å². The van der Waals surface area contributed by atoms with E-state index in [1.54, 1.807) is 6.26 Å². The summed E-state index contributed by atoms with van der Waals surface area (Å²) < 4.78 is 3.62. The maximum absolute atomic E-state index is 10.1. The second kappa shape index (κ2) is 2.10.